The summed E-state index contributed by atoms with van der Waals surface area (Å²) in [7, 11) is 0. The Hall–Kier alpha value is -1.52. The van der Waals surface area contributed by atoms with E-state index in [1.807, 2.05) is 48.5 Å². The molecular weight excluding hydrogens is 352 g/mol. The van der Waals surface area contributed by atoms with E-state index in [2.05, 4.69) is 26.6 Å². The van der Waals surface area contributed by atoms with Crippen LogP contribution < -0.4 is 10.6 Å². The molecule has 110 valence electrons. The SMILES string of the molecule is O=C(CNc1ccc(Br)cc1)NCCc1ccc(Cl)cc1. The van der Waals surface area contributed by atoms with Crippen molar-refractivity contribution in [2.75, 3.05) is 18.4 Å². The smallest absolute Gasteiger partial charge is 0.239 e. The number of benzene rings is 2. The molecule has 2 aromatic carbocycles. The molecule has 5 heteroatoms. The van der Waals surface area contributed by atoms with Gasteiger partial charge in [-0.15, -0.1) is 0 Å². The van der Waals surface area contributed by atoms with E-state index in [-0.39, 0.29) is 12.5 Å². The third kappa shape index (κ3) is 5.78. The summed E-state index contributed by atoms with van der Waals surface area (Å²) in [6, 6.07) is 15.3. The minimum absolute atomic E-state index is 0.0214. The average Bonchev–Trinajstić information content (AvgIpc) is 2.49. The maximum absolute atomic E-state index is 11.7. The summed E-state index contributed by atoms with van der Waals surface area (Å²) >= 11 is 9.20. The number of carbonyl (C=O) groups is 1. The lowest BCUT2D eigenvalue weighted by molar-refractivity contribution is -0.119. The molecule has 2 aromatic rings. The molecule has 0 spiro atoms. The van der Waals surface area contributed by atoms with E-state index in [1.165, 1.54) is 0 Å². The lowest BCUT2D eigenvalue weighted by Gasteiger charge is -2.08. The molecule has 0 aliphatic carbocycles. The van der Waals surface area contributed by atoms with Crippen molar-refractivity contribution in [3.05, 3.63) is 63.6 Å². The number of hydrogen-bond acceptors (Lipinski definition) is 2. The molecule has 21 heavy (non-hydrogen) atoms. The number of halogens is 2. The maximum Gasteiger partial charge on any atom is 0.239 e. The van der Waals surface area contributed by atoms with Crippen LogP contribution in [0.25, 0.3) is 0 Å². The second kappa shape index (κ2) is 8.05. The molecule has 0 unspecified atom stereocenters. The van der Waals surface area contributed by atoms with Gasteiger partial charge < -0.3 is 10.6 Å². The van der Waals surface area contributed by atoms with Crippen LogP contribution in [0.1, 0.15) is 5.56 Å². The molecule has 2 rings (SSSR count). The molecular formula is C16H16BrClN2O. The predicted octanol–water partition coefficient (Wildman–Crippen LogP) is 3.87. The summed E-state index contributed by atoms with van der Waals surface area (Å²) < 4.78 is 1.01. The van der Waals surface area contributed by atoms with Gasteiger partial charge in [-0.2, -0.15) is 0 Å². The molecule has 0 atom stereocenters. The largest absolute Gasteiger partial charge is 0.376 e. The molecule has 0 heterocycles. The Balaban J connectivity index is 1.67. The zero-order chi connectivity index (χ0) is 15.1. The molecule has 0 bridgehead atoms. The van der Waals surface area contributed by atoms with Crippen LogP contribution in [0.4, 0.5) is 5.69 Å². The zero-order valence-corrected chi connectivity index (χ0v) is 13.7. The zero-order valence-electron chi connectivity index (χ0n) is 11.4. The summed E-state index contributed by atoms with van der Waals surface area (Å²) in [5.74, 6) is -0.0214. The van der Waals surface area contributed by atoms with Crippen LogP contribution in [0.3, 0.4) is 0 Å². The van der Waals surface area contributed by atoms with Crippen molar-refractivity contribution in [2.24, 2.45) is 0 Å². The number of anilines is 1. The predicted molar refractivity (Wildman–Crippen MR) is 90.8 cm³/mol. The van der Waals surface area contributed by atoms with Crippen LogP contribution >= 0.6 is 27.5 Å². The van der Waals surface area contributed by atoms with Gasteiger partial charge in [0.25, 0.3) is 0 Å². The average molecular weight is 368 g/mol. The molecule has 0 aliphatic heterocycles. The van der Waals surface area contributed by atoms with E-state index >= 15 is 0 Å². The second-order valence-corrected chi connectivity index (χ2v) is 5.94. The normalized spacial score (nSPS) is 10.2. The number of amides is 1. The number of rotatable bonds is 6. The van der Waals surface area contributed by atoms with E-state index in [0.29, 0.717) is 6.54 Å². The molecule has 0 saturated carbocycles. The van der Waals surface area contributed by atoms with Gasteiger partial charge in [0.1, 0.15) is 0 Å². The van der Waals surface area contributed by atoms with E-state index in [4.69, 9.17) is 11.6 Å². The first-order valence-corrected chi connectivity index (χ1v) is 7.81. The first kappa shape index (κ1) is 15.9. The van der Waals surface area contributed by atoms with Crippen LogP contribution in [-0.4, -0.2) is 19.0 Å². The molecule has 2 N–H and O–H groups in total. The molecule has 0 aliphatic rings. The highest BCUT2D eigenvalue weighted by molar-refractivity contribution is 9.10. The Kier molecular flexibility index (Phi) is 6.08. The van der Waals surface area contributed by atoms with Gasteiger partial charge in [0.2, 0.25) is 5.91 Å². The van der Waals surface area contributed by atoms with Gasteiger partial charge in [0.05, 0.1) is 6.54 Å². The number of hydrogen-bond donors (Lipinski definition) is 2. The minimum Gasteiger partial charge on any atom is -0.376 e. The Bertz CT molecular complexity index is 584. The lowest BCUT2D eigenvalue weighted by Crippen LogP contribution is -2.31. The molecule has 0 fully saturated rings. The fourth-order valence-electron chi connectivity index (χ4n) is 1.81. The maximum atomic E-state index is 11.7. The van der Waals surface area contributed by atoms with Crippen LogP contribution in [0.2, 0.25) is 5.02 Å². The summed E-state index contributed by atoms with van der Waals surface area (Å²) in [4.78, 5) is 11.7. The third-order valence-electron chi connectivity index (χ3n) is 2.95. The summed E-state index contributed by atoms with van der Waals surface area (Å²) in [6.45, 7) is 0.880. The first-order valence-electron chi connectivity index (χ1n) is 6.64. The van der Waals surface area contributed by atoms with Crippen LogP contribution in [0, 0.1) is 0 Å². The van der Waals surface area contributed by atoms with Gasteiger partial charge in [-0.25, -0.2) is 0 Å². The van der Waals surface area contributed by atoms with Gasteiger partial charge in [0.15, 0.2) is 0 Å². The monoisotopic (exact) mass is 366 g/mol. The second-order valence-electron chi connectivity index (χ2n) is 4.59. The Morgan fingerprint density at radius 1 is 1.05 bits per heavy atom. The Labute approximate surface area is 137 Å². The van der Waals surface area contributed by atoms with Gasteiger partial charge in [0, 0.05) is 21.7 Å². The number of carbonyl (C=O) groups excluding carboxylic acids is 1. The Morgan fingerprint density at radius 2 is 1.71 bits per heavy atom. The quantitative estimate of drug-likeness (QED) is 0.813. The van der Waals surface area contributed by atoms with Gasteiger partial charge in [-0.3, -0.25) is 4.79 Å². The highest BCUT2D eigenvalue weighted by atomic mass is 79.9. The molecule has 0 radical (unpaired) electrons. The van der Waals surface area contributed by atoms with E-state index in [9.17, 15) is 4.79 Å². The van der Waals surface area contributed by atoms with Crippen molar-refractivity contribution in [1.29, 1.82) is 0 Å². The standard InChI is InChI=1S/C16H16BrClN2O/c17-13-3-7-15(8-4-13)20-11-16(21)19-10-9-12-1-5-14(18)6-2-12/h1-8,20H,9-11H2,(H,19,21). The minimum atomic E-state index is -0.0214. The van der Waals surface area contributed by atoms with Crippen molar-refractivity contribution in [1.82, 2.24) is 5.32 Å². The van der Waals surface area contributed by atoms with Crippen LogP contribution in [-0.2, 0) is 11.2 Å². The molecule has 3 nitrogen and oxygen atoms in total. The fraction of sp³-hybridized carbons (Fsp3) is 0.188. The van der Waals surface area contributed by atoms with Crippen molar-refractivity contribution < 1.29 is 4.79 Å². The lowest BCUT2D eigenvalue weighted by atomic mass is 10.1. The number of nitrogens with one attached hydrogen (secondary N) is 2. The first-order chi connectivity index (χ1) is 10.1. The van der Waals surface area contributed by atoms with Crippen LogP contribution in [0.15, 0.2) is 53.0 Å². The van der Waals surface area contributed by atoms with Gasteiger partial charge in [-0.1, -0.05) is 39.7 Å². The molecule has 0 aromatic heterocycles. The summed E-state index contributed by atoms with van der Waals surface area (Å²) in [5.41, 5.74) is 2.08. The molecule has 1 amide bonds. The highest BCUT2D eigenvalue weighted by Gasteiger charge is 2.01. The fourth-order valence-corrected chi connectivity index (χ4v) is 2.20. The Morgan fingerprint density at radius 3 is 2.38 bits per heavy atom. The van der Waals surface area contributed by atoms with Crippen molar-refractivity contribution in [3.8, 4) is 0 Å². The van der Waals surface area contributed by atoms with Crippen molar-refractivity contribution >= 4 is 39.1 Å². The van der Waals surface area contributed by atoms with Gasteiger partial charge in [-0.05, 0) is 48.4 Å². The third-order valence-corrected chi connectivity index (χ3v) is 3.73. The van der Waals surface area contributed by atoms with Gasteiger partial charge >= 0.3 is 0 Å². The summed E-state index contributed by atoms with van der Waals surface area (Å²) in [6.07, 6.45) is 0.793. The molecule has 0 saturated heterocycles. The topological polar surface area (TPSA) is 41.1 Å². The van der Waals surface area contributed by atoms with E-state index < -0.39 is 0 Å². The highest BCUT2D eigenvalue weighted by Crippen LogP contribution is 2.13. The summed E-state index contributed by atoms with van der Waals surface area (Å²) in [5, 5.41) is 6.68. The van der Waals surface area contributed by atoms with Crippen molar-refractivity contribution in [3.63, 3.8) is 0 Å². The van der Waals surface area contributed by atoms with E-state index in [1.54, 1.807) is 0 Å². The van der Waals surface area contributed by atoms with Crippen LogP contribution in [0.5, 0.6) is 0 Å². The van der Waals surface area contributed by atoms with Crippen molar-refractivity contribution in [2.45, 2.75) is 6.42 Å². The van der Waals surface area contributed by atoms with E-state index in [0.717, 1.165) is 27.2 Å².